The van der Waals surface area contributed by atoms with E-state index in [1.165, 1.54) is 41.0 Å². The van der Waals surface area contributed by atoms with Crippen LogP contribution in [0.25, 0.3) is 0 Å². The molecule has 1 aliphatic rings. The van der Waals surface area contributed by atoms with Gasteiger partial charge in [0.1, 0.15) is 0 Å². The van der Waals surface area contributed by atoms with E-state index in [2.05, 4.69) is 30.3 Å². The van der Waals surface area contributed by atoms with Crippen molar-refractivity contribution in [2.24, 2.45) is 0 Å². The molecule has 1 unspecified atom stereocenters. The van der Waals surface area contributed by atoms with E-state index >= 15 is 0 Å². The average molecular weight is 389 g/mol. The third-order valence-electron chi connectivity index (χ3n) is 4.10. The maximum atomic E-state index is 12.8. The Kier molecular flexibility index (Phi) is 6.27. The van der Waals surface area contributed by atoms with Crippen LogP contribution in [0.2, 0.25) is 0 Å². The van der Waals surface area contributed by atoms with E-state index in [1.807, 2.05) is 30.3 Å². The molecule has 0 spiro atoms. The van der Waals surface area contributed by atoms with Crippen LogP contribution >= 0.6 is 0 Å². The molecule has 2 aromatic rings. The summed E-state index contributed by atoms with van der Waals surface area (Å²) in [5, 5.41) is 0. The zero-order chi connectivity index (χ0) is 15.9. The molecule has 3 heteroatoms. The number of hydrogen-bond donors (Lipinski definition) is 0. The van der Waals surface area contributed by atoms with Gasteiger partial charge in [0, 0.05) is 0 Å². The number of rotatable bonds is 5. The molecule has 0 N–H and O–H groups in total. The molecule has 0 amide bonds. The molecule has 23 heavy (non-hydrogen) atoms. The minimum atomic E-state index is -0.931. The Morgan fingerprint density at radius 3 is 2.13 bits per heavy atom. The molecule has 1 aliphatic carbocycles. The molecule has 3 rings (SSSR count). The van der Waals surface area contributed by atoms with Crippen LogP contribution in [-0.2, 0) is 10.8 Å². The van der Waals surface area contributed by atoms with Crippen molar-refractivity contribution in [3.05, 3.63) is 70.7 Å². The number of benzene rings is 2. The van der Waals surface area contributed by atoms with Gasteiger partial charge >= 0.3 is 148 Å². The maximum absolute atomic E-state index is 12.8. The quantitative estimate of drug-likeness (QED) is 0.706. The van der Waals surface area contributed by atoms with E-state index in [4.69, 9.17) is 0 Å². The summed E-state index contributed by atoms with van der Waals surface area (Å²) in [5.41, 5.74) is 1.59. The van der Waals surface area contributed by atoms with Gasteiger partial charge in [0.15, 0.2) is 0 Å². The Hall–Kier alpha value is -1.15. The van der Waals surface area contributed by atoms with Gasteiger partial charge in [0.2, 0.25) is 0 Å². The van der Waals surface area contributed by atoms with E-state index in [9.17, 15) is 4.21 Å². The van der Waals surface area contributed by atoms with Gasteiger partial charge < -0.3 is 0 Å². The van der Waals surface area contributed by atoms with Crippen LogP contribution in [0.5, 0.6) is 0 Å². The van der Waals surface area contributed by atoms with Crippen molar-refractivity contribution in [2.75, 3.05) is 5.75 Å². The summed E-state index contributed by atoms with van der Waals surface area (Å²) in [5.74, 6) is 0.703. The Balaban J connectivity index is 1.82. The Morgan fingerprint density at radius 2 is 1.48 bits per heavy atom. The first-order chi connectivity index (χ1) is 11.3. The van der Waals surface area contributed by atoms with E-state index in [1.54, 1.807) is 5.57 Å². The third kappa shape index (κ3) is 4.91. The van der Waals surface area contributed by atoms with Crippen LogP contribution in [0, 0.1) is 0 Å². The molecular formula is C20H22OSSe. The second-order valence-electron chi connectivity index (χ2n) is 5.81. The van der Waals surface area contributed by atoms with Crippen molar-refractivity contribution in [1.29, 1.82) is 0 Å². The summed E-state index contributed by atoms with van der Waals surface area (Å²) in [6.07, 6.45) is 6.34. The summed E-state index contributed by atoms with van der Waals surface area (Å²) in [6.45, 7) is 0. The predicted molar refractivity (Wildman–Crippen MR) is 99.7 cm³/mol. The molecule has 0 radical (unpaired) electrons. The van der Waals surface area contributed by atoms with Gasteiger partial charge in [-0.3, -0.25) is 0 Å². The van der Waals surface area contributed by atoms with Gasteiger partial charge in [0.25, 0.3) is 0 Å². The molecule has 0 bridgehead atoms. The average Bonchev–Trinajstić information content (AvgIpc) is 2.63. The topological polar surface area (TPSA) is 17.1 Å². The van der Waals surface area contributed by atoms with Crippen molar-refractivity contribution < 1.29 is 4.21 Å². The van der Waals surface area contributed by atoms with E-state index in [0.29, 0.717) is 20.7 Å². The molecule has 120 valence electrons. The fourth-order valence-corrected chi connectivity index (χ4v) is 6.98. The Bertz CT molecular complexity index is 671. The van der Waals surface area contributed by atoms with Gasteiger partial charge in [-0.2, -0.15) is 0 Å². The zero-order valence-electron chi connectivity index (χ0n) is 13.2. The minimum absolute atomic E-state index is 0.290. The van der Waals surface area contributed by atoms with Crippen LogP contribution < -0.4 is 4.46 Å². The first-order valence-corrected chi connectivity index (χ1v) is 11.2. The van der Waals surface area contributed by atoms with E-state index in [0.717, 1.165) is 4.90 Å². The van der Waals surface area contributed by atoms with Crippen LogP contribution in [0.3, 0.4) is 0 Å². The van der Waals surface area contributed by atoms with Gasteiger partial charge in [-0.15, -0.1) is 0 Å². The molecule has 0 aromatic heterocycles. The fourth-order valence-electron chi connectivity index (χ4n) is 2.87. The van der Waals surface area contributed by atoms with Gasteiger partial charge in [-0.25, -0.2) is 0 Å². The predicted octanol–water partition coefficient (Wildman–Crippen LogP) is 4.04. The molecular weight excluding hydrogens is 367 g/mol. The van der Waals surface area contributed by atoms with Gasteiger partial charge in [0.05, 0.1) is 0 Å². The van der Waals surface area contributed by atoms with Crippen molar-refractivity contribution in [1.82, 2.24) is 0 Å². The van der Waals surface area contributed by atoms with Crippen LogP contribution in [0.1, 0.15) is 32.1 Å². The summed E-state index contributed by atoms with van der Waals surface area (Å²) >= 11 is 0.290. The van der Waals surface area contributed by atoms with Crippen LogP contribution in [0.4, 0.5) is 0 Å². The molecule has 1 saturated carbocycles. The van der Waals surface area contributed by atoms with Crippen molar-refractivity contribution >= 4 is 30.2 Å². The molecule has 0 saturated heterocycles. The molecule has 2 aromatic carbocycles. The second-order valence-corrected chi connectivity index (χ2v) is 9.71. The Labute approximate surface area is 147 Å². The SMILES string of the molecule is O=S(CC([Se]c1ccccc1)=C1CCCCC1)c1ccccc1. The number of allylic oxidation sites excluding steroid dienone is 1. The third-order valence-corrected chi connectivity index (χ3v) is 8.36. The van der Waals surface area contributed by atoms with Gasteiger partial charge in [-0.05, 0) is 0 Å². The van der Waals surface area contributed by atoms with Crippen molar-refractivity contribution in [3.63, 3.8) is 0 Å². The summed E-state index contributed by atoms with van der Waals surface area (Å²) in [6, 6.07) is 20.6. The zero-order valence-corrected chi connectivity index (χ0v) is 15.8. The van der Waals surface area contributed by atoms with Crippen molar-refractivity contribution in [2.45, 2.75) is 37.0 Å². The van der Waals surface area contributed by atoms with Gasteiger partial charge in [-0.1, -0.05) is 0 Å². The monoisotopic (exact) mass is 390 g/mol. The second kappa shape index (κ2) is 8.63. The molecule has 1 nitrogen and oxygen atoms in total. The molecule has 0 heterocycles. The summed E-state index contributed by atoms with van der Waals surface area (Å²) in [7, 11) is -0.931. The normalized spacial score (nSPS) is 16.1. The Morgan fingerprint density at radius 1 is 0.870 bits per heavy atom. The van der Waals surface area contributed by atoms with Crippen molar-refractivity contribution in [3.8, 4) is 0 Å². The standard InChI is InChI=1S/C20H22OSSe/c21-22(18-12-6-2-7-13-18)16-20(17-10-4-1-5-11-17)23-19-14-8-3-9-15-19/h2-3,6-9,12-15H,1,4-5,10-11,16H2. The molecule has 0 aliphatic heterocycles. The summed E-state index contributed by atoms with van der Waals surface area (Å²) in [4.78, 5) is 0.949. The van der Waals surface area contributed by atoms with E-state index in [-0.39, 0.29) is 0 Å². The van der Waals surface area contributed by atoms with E-state index < -0.39 is 10.8 Å². The first-order valence-electron chi connectivity index (χ1n) is 8.20. The fraction of sp³-hybridized carbons (Fsp3) is 0.300. The molecule has 1 atom stereocenters. The van der Waals surface area contributed by atoms with Crippen LogP contribution in [-0.4, -0.2) is 24.9 Å². The van der Waals surface area contributed by atoms with Crippen LogP contribution in [0.15, 0.2) is 75.6 Å². The summed E-state index contributed by atoms with van der Waals surface area (Å²) < 4.78 is 15.6. The molecule has 1 fully saturated rings. The first kappa shape index (κ1) is 16.7. The number of hydrogen-bond acceptors (Lipinski definition) is 1.